The summed E-state index contributed by atoms with van der Waals surface area (Å²) in [6.45, 7) is 4.62. The Balaban J connectivity index is 1.82. The second-order valence-electron chi connectivity index (χ2n) is 5.39. The first-order chi connectivity index (χ1) is 11.2. The van der Waals surface area contributed by atoms with E-state index in [1.54, 1.807) is 30.1 Å². The molecular weight excluding hydrogens is 316 g/mol. The van der Waals surface area contributed by atoms with E-state index in [0.717, 1.165) is 18.8 Å². The van der Waals surface area contributed by atoms with Gasteiger partial charge < -0.3 is 15.0 Å². The second-order valence-corrected chi connectivity index (χ2v) is 5.79. The van der Waals surface area contributed by atoms with Crippen molar-refractivity contribution in [3.8, 4) is 0 Å². The Morgan fingerprint density at radius 3 is 2.83 bits per heavy atom. The number of carbonyl (C=O) groups is 1. The van der Waals surface area contributed by atoms with Crippen molar-refractivity contribution < 1.29 is 9.53 Å². The van der Waals surface area contributed by atoms with Gasteiger partial charge in [-0.3, -0.25) is 9.48 Å². The van der Waals surface area contributed by atoms with Gasteiger partial charge in [-0.25, -0.2) is 0 Å². The van der Waals surface area contributed by atoms with Crippen LogP contribution in [0.15, 0.2) is 36.7 Å². The molecule has 1 atom stereocenters. The van der Waals surface area contributed by atoms with Gasteiger partial charge in [-0.15, -0.1) is 0 Å². The van der Waals surface area contributed by atoms with E-state index in [0.29, 0.717) is 23.9 Å². The molecule has 0 aliphatic carbocycles. The van der Waals surface area contributed by atoms with Gasteiger partial charge in [0.1, 0.15) is 6.04 Å². The number of carbonyl (C=O) groups excluding carboxylic acids is 1. The van der Waals surface area contributed by atoms with Gasteiger partial charge in [0, 0.05) is 25.5 Å². The van der Waals surface area contributed by atoms with Crippen LogP contribution in [0.2, 0.25) is 5.02 Å². The van der Waals surface area contributed by atoms with Crippen molar-refractivity contribution in [2.75, 3.05) is 36.5 Å². The molecule has 1 aliphatic rings. The molecule has 1 unspecified atom stereocenters. The van der Waals surface area contributed by atoms with E-state index in [1.165, 1.54) is 0 Å². The molecule has 1 N–H and O–H groups in total. The van der Waals surface area contributed by atoms with Gasteiger partial charge in [0.25, 0.3) is 0 Å². The number of hydrogen-bond donors (Lipinski definition) is 1. The molecule has 1 saturated heterocycles. The summed E-state index contributed by atoms with van der Waals surface area (Å²) in [4.78, 5) is 14.6. The summed E-state index contributed by atoms with van der Waals surface area (Å²) in [5, 5.41) is 7.70. The van der Waals surface area contributed by atoms with E-state index in [1.807, 2.05) is 18.2 Å². The minimum Gasteiger partial charge on any atom is -0.378 e. The third-order valence-corrected chi connectivity index (χ3v) is 4.18. The van der Waals surface area contributed by atoms with Crippen molar-refractivity contribution in [3.63, 3.8) is 0 Å². The van der Waals surface area contributed by atoms with Gasteiger partial charge in [0.2, 0.25) is 5.91 Å². The summed E-state index contributed by atoms with van der Waals surface area (Å²) in [6, 6.07) is 6.92. The van der Waals surface area contributed by atoms with Crippen LogP contribution in [0, 0.1) is 0 Å². The molecule has 2 heterocycles. The number of rotatable bonds is 4. The van der Waals surface area contributed by atoms with Gasteiger partial charge in [-0.1, -0.05) is 17.7 Å². The number of nitrogens with one attached hydrogen (secondary N) is 1. The Morgan fingerprint density at radius 2 is 2.13 bits per heavy atom. The smallest absolute Gasteiger partial charge is 0.249 e. The minimum atomic E-state index is -0.401. The van der Waals surface area contributed by atoms with E-state index in [-0.39, 0.29) is 5.91 Å². The van der Waals surface area contributed by atoms with E-state index >= 15 is 0 Å². The lowest BCUT2D eigenvalue weighted by Crippen LogP contribution is -2.37. The molecule has 1 aromatic carbocycles. The predicted octanol–water partition coefficient (Wildman–Crippen LogP) is 2.57. The Morgan fingerprint density at radius 1 is 1.35 bits per heavy atom. The molecule has 2 aromatic rings. The highest BCUT2D eigenvalue weighted by Gasteiger charge is 2.21. The summed E-state index contributed by atoms with van der Waals surface area (Å²) < 4.78 is 7.00. The maximum Gasteiger partial charge on any atom is 0.249 e. The lowest BCUT2D eigenvalue weighted by atomic mass is 10.2. The monoisotopic (exact) mass is 334 g/mol. The van der Waals surface area contributed by atoms with Crippen molar-refractivity contribution in [1.82, 2.24) is 9.78 Å². The van der Waals surface area contributed by atoms with Crippen LogP contribution in [0.5, 0.6) is 0 Å². The molecular formula is C16H19ClN4O2. The minimum absolute atomic E-state index is 0.134. The molecule has 0 radical (unpaired) electrons. The van der Waals surface area contributed by atoms with Gasteiger partial charge in [-0.05, 0) is 25.1 Å². The first kappa shape index (κ1) is 15.8. The number of morpholine rings is 1. The van der Waals surface area contributed by atoms with Crippen LogP contribution in [-0.2, 0) is 9.53 Å². The van der Waals surface area contributed by atoms with Crippen molar-refractivity contribution in [2.45, 2.75) is 13.0 Å². The fraction of sp³-hybridized carbons (Fsp3) is 0.375. The highest BCUT2D eigenvalue weighted by molar-refractivity contribution is 6.34. The number of ether oxygens (including phenoxy) is 1. The van der Waals surface area contributed by atoms with Crippen molar-refractivity contribution >= 4 is 28.9 Å². The molecule has 7 heteroatoms. The molecule has 1 aromatic heterocycles. The van der Waals surface area contributed by atoms with Crippen molar-refractivity contribution in [1.29, 1.82) is 0 Å². The lowest BCUT2D eigenvalue weighted by molar-refractivity contribution is -0.119. The number of halogens is 1. The largest absolute Gasteiger partial charge is 0.378 e. The lowest BCUT2D eigenvalue weighted by Gasteiger charge is -2.31. The molecule has 3 rings (SSSR count). The Kier molecular flexibility index (Phi) is 4.83. The number of nitrogens with zero attached hydrogens (tertiary/aromatic N) is 3. The fourth-order valence-electron chi connectivity index (χ4n) is 2.59. The molecule has 1 fully saturated rings. The van der Waals surface area contributed by atoms with Gasteiger partial charge in [-0.2, -0.15) is 5.10 Å². The molecule has 1 amide bonds. The summed E-state index contributed by atoms with van der Waals surface area (Å²) in [6.07, 6.45) is 3.42. The molecule has 0 bridgehead atoms. The molecule has 0 saturated carbocycles. The molecule has 23 heavy (non-hydrogen) atoms. The summed E-state index contributed by atoms with van der Waals surface area (Å²) >= 11 is 6.37. The van der Waals surface area contributed by atoms with Crippen LogP contribution in [0.4, 0.5) is 11.4 Å². The van der Waals surface area contributed by atoms with Crippen LogP contribution in [0.3, 0.4) is 0 Å². The number of anilines is 2. The highest BCUT2D eigenvalue weighted by atomic mass is 35.5. The first-order valence-corrected chi connectivity index (χ1v) is 7.96. The topological polar surface area (TPSA) is 59.4 Å². The third kappa shape index (κ3) is 3.48. The number of hydrogen-bond acceptors (Lipinski definition) is 4. The van der Waals surface area contributed by atoms with Crippen LogP contribution in [0.25, 0.3) is 0 Å². The van der Waals surface area contributed by atoms with Crippen molar-refractivity contribution in [3.05, 3.63) is 41.7 Å². The maximum absolute atomic E-state index is 12.5. The second kappa shape index (κ2) is 7.02. The summed E-state index contributed by atoms with van der Waals surface area (Å²) in [5.74, 6) is -0.134. The normalized spacial score (nSPS) is 16.2. The first-order valence-electron chi connectivity index (χ1n) is 7.58. The summed E-state index contributed by atoms with van der Waals surface area (Å²) in [7, 11) is 0. The number of benzene rings is 1. The summed E-state index contributed by atoms with van der Waals surface area (Å²) in [5.41, 5.74) is 1.56. The third-order valence-electron chi connectivity index (χ3n) is 3.87. The van der Waals surface area contributed by atoms with E-state index in [2.05, 4.69) is 15.3 Å². The highest BCUT2D eigenvalue weighted by Crippen LogP contribution is 2.34. The van der Waals surface area contributed by atoms with E-state index in [9.17, 15) is 4.79 Å². The average Bonchev–Trinajstić information content (AvgIpc) is 3.09. The molecule has 1 aliphatic heterocycles. The Bertz CT molecular complexity index is 669. The molecule has 0 spiro atoms. The SMILES string of the molecule is CC(C(=O)Nc1cccc(Cl)c1N1CCOCC1)n1cccn1. The zero-order chi connectivity index (χ0) is 16.2. The Hall–Kier alpha value is -2.05. The fourth-order valence-corrected chi connectivity index (χ4v) is 2.89. The zero-order valence-corrected chi connectivity index (χ0v) is 13.7. The number of amides is 1. The van der Waals surface area contributed by atoms with Gasteiger partial charge in [0.05, 0.1) is 29.6 Å². The standard InChI is InChI=1S/C16H19ClN4O2/c1-12(21-7-3-6-18-21)16(22)19-14-5-2-4-13(17)15(14)20-8-10-23-11-9-20/h2-7,12H,8-11H2,1H3,(H,19,22). The van der Waals surface area contributed by atoms with Crippen LogP contribution in [0.1, 0.15) is 13.0 Å². The van der Waals surface area contributed by atoms with Gasteiger partial charge >= 0.3 is 0 Å². The maximum atomic E-state index is 12.5. The quantitative estimate of drug-likeness (QED) is 0.933. The Labute approximate surface area is 140 Å². The number of aromatic nitrogens is 2. The predicted molar refractivity (Wildman–Crippen MR) is 90.1 cm³/mol. The zero-order valence-electron chi connectivity index (χ0n) is 12.9. The average molecular weight is 335 g/mol. The van der Waals surface area contributed by atoms with Gasteiger partial charge in [0.15, 0.2) is 0 Å². The van der Waals surface area contributed by atoms with E-state index in [4.69, 9.17) is 16.3 Å². The van der Waals surface area contributed by atoms with E-state index < -0.39 is 6.04 Å². The molecule has 6 nitrogen and oxygen atoms in total. The van der Waals surface area contributed by atoms with Crippen LogP contribution < -0.4 is 10.2 Å². The molecule has 122 valence electrons. The van der Waals surface area contributed by atoms with Crippen LogP contribution >= 0.6 is 11.6 Å². The van der Waals surface area contributed by atoms with Crippen LogP contribution in [-0.4, -0.2) is 42.0 Å². The van der Waals surface area contributed by atoms with Crippen molar-refractivity contribution in [2.24, 2.45) is 0 Å². The number of para-hydroxylation sites is 1.